The van der Waals surface area contributed by atoms with Gasteiger partial charge in [-0.25, -0.2) is 0 Å². The summed E-state index contributed by atoms with van der Waals surface area (Å²) in [4.78, 5) is 12.2. The van der Waals surface area contributed by atoms with Gasteiger partial charge in [0.2, 0.25) is 0 Å². The molecule has 1 aromatic carbocycles. The van der Waals surface area contributed by atoms with E-state index in [1.165, 1.54) is 0 Å². The lowest BCUT2D eigenvalue weighted by molar-refractivity contribution is 0.0973. The van der Waals surface area contributed by atoms with Crippen molar-refractivity contribution in [3.63, 3.8) is 0 Å². The van der Waals surface area contributed by atoms with Gasteiger partial charge in [-0.2, -0.15) is 0 Å². The van der Waals surface area contributed by atoms with E-state index in [9.17, 15) is 4.79 Å². The van der Waals surface area contributed by atoms with E-state index in [2.05, 4.69) is 0 Å². The largest absolute Gasteiger partial charge is 0.357 e. The summed E-state index contributed by atoms with van der Waals surface area (Å²) in [5.41, 5.74) is 1.71. The highest BCUT2D eigenvalue weighted by molar-refractivity contribution is 6.35. The van der Waals surface area contributed by atoms with E-state index < -0.39 is 0 Å². The summed E-state index contributed by atoms with van der Waals surface area (Å²) in [6, 6.07) is 9.50. The van der Waals surface area contributed by atoms with Crippen molar-refractivity contribution in [2.24, 2.45) is 7.05 Å². The summed E-state index contributed by atoms with van der Waals surface area (Å²) in [5, 5.41) is 1.69. The number of aryl methyl sites for hydroxylation is 1. The zero-order valence-electron chi connectivity index (χ0n) is 10.5. The number of halogens is 1. The van der Waals surface area contributed by atoms with Gasteiger partial charge < -0.3 is 9.13 Å². The number of fused-ring (bicyclic) bond motifs is 1. The Morgan fingerprint density at radius 3 is 2.79 bits per heavy atom. The zero-order chi connectivity index (χ0) is 13.4. The maximum atomic E-state index is 12.2. The maximum Gasteiger partial charge on any atom is 0.184 e. The fourth-order valence-electron chi connectivity index (χ4n) is 2.24. The van der Waals surface area contributed by atoms with E-state index in [-0.39, 0.29) is 5.78 Å². The quantitative estimate of drug-likeness (QED) is 0.670. The normalized spacial score (nSPS) is 11.1. The first kappa shape index (κ1) is 12.1. The number of ketones is 1. The van der Waals surface area contributed by atoms with Crippen LogP contribution in [0.3, 0.4) is 0 Å². The number of carbonyl (C=O) groups is 1. The molecule has 3 aromatic rings. The molecule has 0 atom stereocenters. The Morgan fingerprint density at radius 1 is 1.21 bits per heavy atom. The molecule has 0 unspecified atom stereocenters. The van der Waals surface area contributed by atoms with Gasteiger partial charge in [-0.3, -0.25) is 4.79 Å². The van der Waals surface area contributed by atoms with Crippen molar-refractivity contribution in [2.45, 2.75) is 6.54 Å². The maximum absolute atomic E-state index is 12.2. The topological polar surface area (TPSA) is 26.9 Å². The van der Waals surface area contributed by atoms with E-state index in [1.54, 1.807) is 0 Å². The predicted octanol–water partition coefficient (Wildman–Crippen LogP) is 3.52. The second-order valence-corrected chi connectivity index (χ2v) is 5.01. The van der Waals surface area contributed by atoms with Crippen LogP contribution in [-0.2, 0) is 13.6 Å². The molecule has 0 bridgehead atoms. The smallest absolute Gasteiger partial charge is 0.184 e. The van der Waals surface area contributed by atoms with Crippen LogP contribution in [0.2, 0.25) is 5.02 Å². The Bertz CT molecular complexity index is 754. The van der Waals surface area contributed by atoms with Crippen LogP contribution in [0.5, 0.6) is 0 Å². The van der Waals surface area contributed by atoms with E-state index in [1.807, 2.05) is 65.1 Å². The van der Waals surface area contributed by atoms with Gasteiger partial charge in [0, 0.05) is 47.1 Å². The van der Waals surface area contributed by atoms with Crippen molar-refractivity contribution in [1.29, 1.82) is 0 Å². The van der Waals surface area contributed by atoms with Crippen molar-refractivity contribution in [3.8, 4) is 0 Å². The highest BCUT2D eigenvalue weighted by atomic mass is 35.5. The monoisotopic (exact) mass is 272 g/mol. The molecule has 0 radical (unpaired) electrons. The molecule has 0 saturated heterocycles. The number of nitrogens with zero attached hydrogens (tertiary/aromatic N) is 2. The van der Waals surface area contributed by atoms with Crippen molar-refractivity contribution < 1.29 is 4.79 Å². The second-order valence-electron chi connectivity index (χ2n) is 4.61. The molecule has 0 N–H and O–H groups in total. The van der Waals surface area contributed by atoms with Crippen molar-refractivity contribution in [3.05, 3.63) is 59.5 Å². The molecule has 3 rings (SSSR count). The summed E-state index contributed by atoms with van der Waals surface area (Å²) in [6.45, 7) is 0.327. The number of rotatable bonds is 3. The molecule has 4 heteroatoms. The van der Waals surface area contributed by atoms with Gasteiger partial charge in [0.1, 0.15) is 0 Å². The molecule has 0 aliphatic heterocycles. The van der Waals surface area contributed by atoms with Crippen LogP contribution in [0.4, 0.5) is 0 Å². The van der Waals surface area contributed by atoms with Gasteiger partial charge in [0.25, 0.3) is 0 Å². The fourth-order valence-corrected chi connectivity index (χ4v) is 2.47. The van der Waals surface area contributed by atoms with Gasteiger partial charge in [0.05, 0.1) is 6.54 Å². The molecule has 0 aliphatic rings. The fraction of sp³-hybridized carbons (Fsp3) is 0.133. The molecule has 0 amide bonds. The van der Waals surface area contributed by atoms with E-state index in [4.69, 9.17) is 11.6 Å². The number of hydrogen-bond acceptors (Lipinski definition) is 1. The molecule has 96 valence electrons. The number of aromatic nitrogens is 2. The van der Waals surface area contributed by atoms with Crippen LogP contribution >= 0.6 is 11.6 Å². The predicted molar refractivity (Wildman–Crippen MR) is 76.7 cm³/mol. The van der Waals surface area contributed by atoms with Gasteiger partial charge >= 0.3 is 0 Å². The Hall–Kier alpha value is -2.00. The molecular formula is C15H13ClN2O. The third-order valence-corrected chi connectivity index (χ3v) is 3.56. The first-order valence-corrected chi connectivity index (χ1v) is 6.41. The lowest BCUT2D eigenvalue weighted by Gasteiger charge is -2.04. The molecule has 0 spiro atoms. The highest BCUT2D eigenvalue weighted by Gasteiger charge is 2.10. The SMILES string of the molecule is Cn1ccc(C(=O)Cn2ccc3c(Cl)cccc32)c1. The molecule has 3 nitrogen and oxygen atoms in total. The third-order valence-electron chi connectivity index (χ3n) is 3.23. The summed E-state index contributed by atoms with van der Waals surface area (Å²) in [5.74, 6) is 0.0954. The summed E-state index contributed by atoms with van der Waals surface area (Å²) >= 11 is 6.13. The highest BCUT2D eigenvalue weighted by Crippen LogP contribution is 2.24. The van der Waals surface area contributed by atoms with Crippen LogP contribution in [0.25, 0.3) is 10.9 Å². The van der Waals surface area contributed by atoms with E-state index in [0.29, 0.717) is 11.6 Å². The molecule has 0 fully saturated rings. The average Bonchev–Trinajstić information content (AvgIpc) is 2.98. The van der Waals surface area contributed by atoms with Crippen molar-refractivity contribution in [1.82, 2.24) is 9.13 Å². The minimum atomic E-state index is 0.0954. The summed E-state index contributed by atoms with van der Waals surface area (Å²) in [7, 11) is 1.90. The van der Waals surface area contributed by atoms with E-state index in [0.717, 1.165) is 16.5 Å². The van der Waals surface area contributed by atoms with Crippen LogP contribution in [-0.4, -0.2) is 14.9 Å². The van der Waals surface area contributed by atoms with E-state index >= 15 is 0 Å². The summed E-state index contributed by atoms with van der Waals surface area (Å²) < 4.78 is 3.80. The number of benzene rings is 1. The van der Waals surface area contributed by atoms with Crippen LogP contribution in [0.1, 0.15) is 10.4 Å². The first-order valence-electron chi connectivity index (χ1n) is 6.04. The van der Waals surface area contributed by atoms with Crippen LogP contribution < -0.4 is 0 Å². The van der Waals surface area contributed by atoms with Gasteiger partial charge in [-0.15, -0.1) is 0 Å². The molecule has 0 saturated carbocycles. The average molecular weight is 273 g/mol. The van der Waals surface area contributed by atoms with Gasteiger partial charge in [0.15, 0.2) is 5.78 Å². The Balaban J connectivity index is 1.94. The minimum absolute atomic E-state index is 0.0954. The lowest BCUT2D eigenvalue weighted by atomic mass is 10.2. The Kier molecular flexibility index (Phi) is 2.91. The molecule has 2 aromatic heterocycles. The minimum Gasteiger partial charge on any atom is -0.357 e. The molecule has 19 heavy (non-hydrogen) atoms. The van der Waals surface area contributed by atoms with Crippen LogP contribution in [0.15, 0.2) is 48.9 Å². The third kappa shape index (κ3) is 2.17. The van der Waals surface area contributed by atoms with Crippen molar-refractivity contribution in [2.75, 3.05) is 0 Å². The zero-order valence-corrected chi connectivity index (χ0v) is 11.3. The summed E-state index contributed by atoms with van der Waals surface area (Å²) in [6.07, 6.45) is 5.61. The second kappa shape index (κ2) is 4.59. The number of carbonyl (C=O) groups excluding carboxylic acids is 1. The van der Waals surface area contributed by atoms with Crippen LogP contribution in [0, 0.1) is 0 Å². The Morgan fingerprint density at radius 2 is 2.05 bits per heavy atom. The number of Topliss-reactive ketones (excluding diaryl/α,β-unsaturated/α-hetero) is 1. The Labute approximate surface area is 116 Å². The van der Waals surface area contributed by atoms with Gasteiger partial charge in [-0.1, -0.05) is 17.7 Å². The molecular weight excluding hydrogens is 260 g/mol. The molecule has 2 heterocycles. The van der Waals surface area contributed by atoms with Gasteiger partial charge in [-0.05, 0) is 24.3 Å². The standard InChI is InChI=1S/C15H13ClN2O/c1-17-7-5-11(9-17)15(19)10-18-8-6-12-13(16)3-2-4-14(12)18/h2-9H,10H2,1H3. The first-order chi connectivity index (χ1) is 9.15. The molecule has 0 aliphatic carbocycles. The lowest BCUT2D eigenvalue weighted by Crippen LogP contribution is -2.08. The number of hydrogen-bond donors (Lipinski definition) is 0. The van der Waals surface area contributed by atoms with Crippen molar-refractivity contribution >= 4 is 28.3 Å².